The Hall–Kier alpha value is -2.11. The third kappa shape index (κ3) is 25.6. The van der Waals surface area contributed by atoms with Gasteiger partial charge in [-0.2, -0.15) is 0 Å². The van der Waals surface area contributed by atoms with Crippen molar-refractivity contribution in [3.63, 3.8) is 0 Å². The summed E-state index contributed by atoms with van der Waals surface area (Å²) >= 11 is 0. The number of nitrogens with one attached hydrogen (secondary N) is 1. The molecule has 53 heavy (non-hydrogen) atoms. The average Bonchev–Trinajstić information content (AvgIpc) is 3.16. The molecule has 0 aromatic carbocycles. The molecule has 7 atom stereocenters. The van der Waals surface area contributed by atoms with Crippen LogP contribution in [0.2, 0.25) is 0 Å². The van der Waals surface area contributed by atoms with Crippen LogP contribution in [0.25, 0.3) is 0 Å². The van der Waals surface area contributed by atoms with Gasteiger partial charge >= 0.3 is 0 Å². The summed E-state index contributed by atoms with van der Waals surface area (Å²) in [5.41, 5.74) is 0. The average molecular weight is 748 g/mol. The molecule has 0 saturated carbocycles. The summed E-state index contributed by atoms with van der Waals surface area (Å²) in [5.74, 6) is -0.169. The third-order valence-corrected chi connectivity index (χ3v) is 9.64. The molecular weight excluding hydrogens is 670 g/mol. The van der Waals surface area contributed by atoms with Gasteiger partial charge in [-0.25, -0.2) is 0 Å². The number of unbranched alkanes of at least 4 members (excludes halogenated alkanes) is 13. The van der Waals surface area contributed by atoms with Gasteiger partial charge in [0.2, 0.25) is 5.91 Å². The van der Waals surface area contributed by atoms with Crippen molar-refractivity contribution in [1.82, 2.24) is 5.32 Å². The molecule has 1 rings (SSSR count). The van der Waals surface area contributed by atoms with Gasteiger partial charge < -0.3 is 40.3 Å². The van der Waals surface area contributed by atoms with Crippen molar-refractivity contribution in [2.75, 3.05) is 13.2 Å². The normalized spacial score (nSPS) is 22.3. The summed E-state index contributed by atoms with van der Waals surface area (Å²) in [4.78, 5) is 12.9. The largest absolute Gasteiger partial charge is 0.394 e. The fourth-order valence-electron chi connectivity index (χ4n) is 6.24. The fraction of sp³-hybridized carbons (Fsp3) is 0.750. The number of aliphatic hydroxyl groups excluding tert-OH is 5. The summed E-state index contributed by atoms with van der Waals surface area (Å²) < 4.78 is 11.2. The molecule has 1 fully saturated rings. The minimum atomic E-state index is -1.56. The van der Waals surface area contributed by atoms with E-state index in [1.165, 1.54) is 38.5 Å². The van der Waals surface area contributed by atoms with Crippen LogP contribution in [0.3, 0.4) is 0 Å². The van der Waals surface area contributed by atoms with Gasteiger partial charge in [0.25, 0.3) is 0 Å². The molecule has 6 N–H and O–H groups in total. The van der Waals surface area contributed by atoms with Crippen LogP contribution >= 0.6 is 0 Å². The van der Waals surface area contributed by atoms with E-state index in [1.54, 1.807) is 0 Å². The lowest BCUT2D eigenvalue weighted by Crippen LogP contribution is -2.60. The number of allylic oxidation sites excluding steroid dienone is 10. The molecule has 306 valence electrons. The van der Waals surface area contributed by atoms with E-state index in [2.05, 4.69) is 79.9 Å². The number of hydrogen-bond donors (Lipinski definition) is 6. The Bertz CT molecular complexity index is 1010. The zero-order valence-electron chi connectivity index (χ0n) is 33.2. The summed E-state index contributed by atoms with van der Waals surface area (Å²) in [5, 5.41) is 54.1. The van der Waals surface area contributed by atoms with Crippen molar-refractivity contribution in [3.05, 3.63) is 60.8 Å². The Morgan fingerprint density at radius 3 is 1.74 bits per heavy atom. The predicted molar refractivity (Wildman–Crippen MR) is 216 cm³/mol. The van der Waals surface area contributed by atoms with Crippen molar-refractivity contribution in [2.24, 2.45) is 0 Å². The van der Waals surface area contributed by atoms with Crippen LogP contribution in [0.4, 0.5) is 0 Å². The zero-order chi connectivity index (χ0) is 38.8. The van der Waals surface area contributed by atoms with E-state index in [1.807, 2.05) is 0 Å². The number of carbonyl (C=O) groups is 1. The molecule has 0 spiro atoms. The van der Waals surface area contributed by atoms with Crippen LogP contribution in [-0.2, 0) is 14.3 Å². The van der Waals surface area contributed by atoms with Gasteiger partial charge in [-0.15, -0.1) is 0 Å². The van der Waals surface area contributed by atoms with Crippen LogP contribution in [0, 0.1) is 0 Å². The first-order valence-corrected chi connectivity index (χ1v) is 21.0. The van der Waals surface area contributed by atoms with E-state index in [9.17, 15) is 30.3 Å². The summed E-state index contributed by atoms with van der Waals surface area (Å²) in [6.07, 6.45) is 36.6. The maximum atomic E-state index is 12.9. The molecule has 0 aromatic rings. The van der Waals surface area contributed by atoms with E-state index in [-0.39, 0.29) is 12.5 Å². The number of ether oxygens (including phenoxy) is 2. The van der Waals surface area contributed by atoms with Gasteiger partial charge in [0.05, 0.1) is 25.4 Å². The van der Waals surface area contributed by atoms with Crippen LogP contribution in [-0.4, -0.2) is 87.5 Å². The van der Waals surface area contributed by atoms with Gasteiger partial charge in [-0.1, -0.05) is 152 Å². The first-order chi connectivity index (χ1) is 25.8. The number of hydrogen-bond acceptors (Lipinski definition) is 8. The molecule has 1 amide bonds. The lowest BCUT2D eigenvalue weighted by molar-refractivity contribution is -0.302. The topological polar surface area (TPSA) is 149 Å². The molecule has 1 heterocycles. The van der Waals surface area contributed by atoms with Crippen molar-refractivity contribution >= 4 is 5.91 Å². The van der Waals surface area contributed by atoms with Gasteiger partial charge in [0.15, 0.2) is 6.29 Å². The Kier molecular flexibility index (Phi) is 31.7. The van der Waals surface area contributed by atoms with Gasteiger partial charge in [-0.05, 0) is 57.8 Å². The van der Waals surface area contributed by atoms with E-state index < -0.39 is 49.5 Å². The van der Waals surface area contributed by atoms with Crippen molar-refractivity contribution in [1.29, 1.82) is 0 Å². The molecule has 9 heteroatoms. The van der Waals surface area contributed by atoms with E-state index in [0.717, 1.165) is 89.9 Å². The maximum Gasteiger partial charge on any atom is 0.220 e. The standard InChI is InChI=1S/C44H77NO8/c1-3-5-7-9-11-13-14-15-16-17-18-19-20-21-22-23-24-26-28-30-32-34-40(48)45-37(38(47)33-31-29-27-25-12-10-8-6-4-2)36-52-44-43(51)42(50)41(49)39(35-46)53-44/h5,7,11,13,15-16,18-19,21-22,37-39,41-44,46-47,49-51H,3-4,6,8-10,12,14,17,20,23-36H2,1-2H3,(H,45,48)/b7-5-,13-11-,16-15-,19-18-,22-21-. The quantitative estimate of drug-likeness (QED) is 0.0292. The number of rotatable bonds is 33. The highest BCUT2D eigenvalue weighted by Crippen LogP contribution is 2.23. The Labute approximate surface area is 322 Å². The van der Waals surface area contributed by atoms with Gasteiger partial charge in [0.1, 0.15) is 24.4 Å². The summed E-state index contributed by atoms with van der Waals surface area (Å²) in [6, 6.07) is -0.729. The molecule has 7 unspecified atom stereocenters. The van der Waals surface area contributed by atoms with Crippen molar-refractivity contribution < 1.29 is 39.8 Å². The van der Waals surface area contributed by atoms with E-state index in [4.69, 9.17) is 9.47 Å². The third-order valence-electron chi connectivity index (χ3n) is 9.64. The second-order valence-corrected chi connectivity index (χ2v) is 14.4. The second-order valence-electron chi connectivity index (χ2n) is 14.4. The van der Waals surface area contributed by atoms with Crippen molar-refractivity contribution in [3.8, 4) is 0 Å². The highest BCUT2D eigenvalue weighted by atomic mass is 16.7. The van der Waals surface area contributed by atoms with E-state index >= 15 is 0 Å². The Morgan fingerprint density at radius 2 is 1.17 bits per heavy atom. The van der Waals surface area contributed by atoms with Crippen molar-refractivity contribution in [2.45, 2.75) is 198 Å². The van der Waals surface area contributed by atoms with Crippen LogP contribution in [0.15, 0.2) is 60.8 Å². The smallest absolute Gasteiger partial charge is 0.220 e. The Morgan fingerprint density at radius 1 is 0.660 bits per heavy atom. The fourth-order valence-corrected chi connectivity index (χ4v) is 6.24. The molecule has 1 saturated heterocycles. The van der Waals surface area contributed by atoms with Gasteiger partial charge in [-0.3, -0.25) is 4.79 Å². The summed E-state index contributed by atoms with van der Waals surface area (Å²) in [7, 11) is 0. The lowest BCUT2D eigenvalue weighted by Gasteiger charge is -2.40. The molecule has 0 bridgehead atoms. The summed E-state index contributed by atoms with van der Waals surface area (Å²) in [6.45, 7) is 3.65. The molecule has 1 aliphatic rings. The lowest BCUT2D eigenvalue weighted by atomic mass is 9.99. The molecule has 0 aliphatic carbocycles. The first-order valence-electron chi connectivity index (χ1n) is 21.0. The Balaban J connectivity index is 2.34. The second kappa shape index (κ2) is 34.4. The SMILES string of the molecule is CC/C=C\C/C=C\C/C=C\C/C=C\C/C=C\CCCCCCCC(=O)NC(COC1OC(CO)C(O)C(O)C1O)C(O)CCCCCCCCCCC. The number of carbonyl (C=O) groups excluding carboxylic acids is 1. The maximum absolute atomic E-state index is 12.9. The number of aliphatic hydroxyl groups is 5. The molecular formula is C44H77NO8. The number of amides is 1. The van der Waals surface area contributed by atoms with Crippen LogP contribution < -0.4 is 5.32 Å². The van der Waals surface area contributed by atoms with Gasteiger partial charge in [0, 0.05) is 6.42 Å². The molecule has 0 aromatic heterocycles. The minimum absolute atomic E-state index is 0.150. The predicted octanol–water partition coefficient (Wildman–Crippen LogP) is 8.05. The van der Waals surface area contributed by atoms with E-state index in [0.29, 0.717) is 12.8 Å². The minimum Gasteiger partial charge on any atom is -0.394 e. The molecule has 0 radical (unpaired) electrons. The van der Waals surface area contributed by atoms with Crippen LogP contribution in [0.1, 0.15) is 155 Å². The molecule has 1 aliphatic heterocycles. The monoisotopic (exact) mass is 748 g/mol. The molecule has 9 nitrogen and oxygen atoms in total. The van der Waals surface area contributed by atoms with Crippen LogP contribution in [0.5, 0.6) is 0 Å². The highest BCUT2D eigenvalue weighted by Gasteiger charge is 2.44. The zero-order valence-corrected chi connectivity index (χ0v) is 33.2. The highest BCUT2D eigenvalue weighted by molar-refractivity contribution is 5.76. The first kappa shape index (κ1) is 48.9.